The molecule has 7 nitrogen and oxygen atoms in total. The van der Waals surface area contributed by atoms with E-state index >= 15 is 0 Å². The maximum absolute atomic E-state index is 12.7. The molecule has 2 atom stereocenters. The van der Waals surface area contributed by atoms with Gasteiger partial charge >= 0.3 is 0 Å². The van der Waals surface area contributed by atoms with E-state index in [4.69, 9.17) is 0 Å². The highest BCUT2D eigenvalue weighted by Gasteiger charge is 2.37. The number of hydrogen-bond acceptors (Lipinski definition) is 4. The number of nitro groups is 1. The van der Waals surface area contributed by atoms with Crippen molar-refractivity contribution >= 4 is 34.9 Å². The fraction of sp³-hybridized carbons (Fsp3) is 0.438. The number of nitro benzene ring substituents is 1. The molecule has 2 N–H and O–H groups in total. The summed E-state index contributed by atoms with van der Waals surface area (Å²) >= 11 is 0. The van der Waals surface area contributed by atoms with Gasteiger partial charge in [0.15, 0.2) is 0 Å². The Hall–Kier alpha value is -2.12. The van der Waals surface area contributed by atoms with Crippen LogP contribution in [-0.2, 0) is 0 Å². The first-order valence-corrected chi connectivity index (χ1v) is 7.92. The van der Waals surface area contributed by atoms with E-state index in [0.29, 0.717) is 35.1 Å². The van der Waals surface area contributed by atoms with E-state index in [0.717, 1.165) is 25.9 Å². The quantitative estimate of drug-likeness (QED) is 0.642. The maximum atomic E-state index is 12.7. The number of nitrogens with zero attached hydrogens (tertiary/aromatic N) is 2. The molecule has 0 spiro atoms. The molecule has 2 aliphatic heterocycles. The summed E-state index contributed by atoms with van der Waals surface area (Å²) in [7, 11) is 0. The zero-order valence-corrected chi connectivity index (χ0v) is 13.8. The van der Waals surface area contributed by atoms with Crippen LogP contribution in [-0.4, -0.2) is 46.4 Å². The van der Waals surface area contributed by atoms with E-state index in [-0.39, 0.29) is 24.0 Å². The molecule has 4 rings (SSSR count). The van der Waals surface area contributed by atoms with Gasteiger partial charge in [-0.15, -0.1) is 12.4 Å². The Morgan fingerprint density at radius 1 is 1.33 bits per heavy atom. The molecular weight excluding hydrogens is 332 g/mol. The van der Waals surface area contributed by atoms with Crippen LogP contribution in [0.3, 0.4) is 0 Å². The van der Waals surface area contributed by atoms with Crippen molar-refractivity contribution in [1.82, 2.24) is 15.2 Å². The number of piperidine rings is 1. The van der Waals surface area contributed by atoms with E-state index in [9.17, 15) is 14.9 Å². The molecule has 1 aromatic carbocycles. The van der Waals surface area contributed by atoms with Gasteiger partial charge in [0.05, 0.1) is 4.92 Å². The lowest BCUT2D eigenvalue weighted by molar-refractivity contribution is -0.383. The second-order valence-corrected chi connectivity index (χ2v) is 6.35. The summed E-state index contributed by atoms with van der Waals surface area (Å²) in [6, 6.07) is 6.95. The highest BCUT2D eigenvalue weighted by atomic mass is 35.5. The Bertz CT molecular complexity index is 777. The maximum Gasteiger partial charge on any atom is 0.293 e. The molecule has 1 aromatic heterocycles. The number of halogens is 1. The average Bonchev–Trinajstić information content (AvgIpc) is 3.17. The molecule has 0 aliphatic carbocycles. The van der Waals surface area contributed by atoms with Crippen LogP contribution in [0, 0.1) is 16.0 Å². The summed E-state index contributed by atoms with van der Waals surface area (Å²) in [4.78, 5) is 28.2. The van der Waals surface area contributed by atoms with Gasteiger partial charge in [-0.05, 0) is 31.4 Å². The second-order valence-electron chi connectivity index (χ2n) is 6.35. The largest absolute Gasteiger partial charge is 0.345 e. The van der Waals surface area contributed by atoms with Crippen LogP contribution >= 0.6 is 12.4 Å². The SMILES string of the molecule is Cl.O=C(c1cc2cccc([N+](=O)[O-])c2[nH]1)N1C[C@@H]2CCCN[C@@H]2C1. The number of benzene rings is 1. The molecule has 0 unspecified atom stereocenters. The molecule has 0 radical (unpaired) electrons. The summed E-state index contributed by atoms with van der Waals surface area (Å²) < 4.78 is 0. The summed E-state index contributed by atoms with van der Waals surface area (Å²) in [5.41, 5.74) is 0.835. The minimum absolute atomic E-state index is 0. The number of aromatic nitrogens is 1. The Balaban J connectivity index is 0.00000169. The fourth-order valence-corrected chi connectivity index (χ4v) is 3.79. The van der Waals surface area contributed by atoms with Gasteiger partial charge in [-0.25, -0.2) is 0 Å². The smallest absolute Gasteiger partial charge is 0.293 e. The van der Waals surface area contributed by atoms with Gasteiger partial charge in [-0.2, -0.15) is 0 Å². The van der Waals surface area contributed by atoms with Crippen LogP contribution in [0.5, 0.6) is 0 Å². The molecule has 24 heavy (non-hydrogen) atoms. The van der Waals surface area contributed by atoms with Gasteiger partial charge in [-0.1, -0.05) is 12.1 Å². The van der Waals surface area contributed by atoms with Gasteiger partial charge < -0.3 is 15.2 Å². The van der Waals surface area contributed by atoms with Crippen LogP contribution in [0.2, 0.25) is 0 Å². The first-order valence-electron chi connectivity index (χ1n) is 7.92. The van der Waals surface area contributed by atoms with Gasteiger partial charge in [0.1, 0.15) is 11.2 Å². The topological polar surface area (TPSA) is 91.3 Å². The number of aromatic amines is 1. The van der Waals surface area contributed by atoms with E-state index in [1.54, 1.807) is 18.2 Å². The highest BCUT2D eigenvalue weighted by molar-refractivity contribution is 6.00. The molecule has 1 amide bonds. The number of carbonyl (C=O) groups is 1. The van der Waals surface area contributed by atoms with E-state index in [2.05, 4.69) is 10.3 Å². The van der Waals surface area contributed by atoms with E-state index in [1.807, 2.05) is 4.90 Å². The molecule has 128 valence electrons. The van der Waals surface area contributed by atoms with Crippen molar-refractivity contribution in [3.63, 3.8) is 0 Å². The van der Waals surface area contributed by atoms with Gasteiger partial charge in [0.25, 0.3) is 11.6 Å². The molecule has 2 saturated heterocycles. The predicted octanol–water partition coefficient (Wildman–Crippen LogP) is 2.32. The Labute approximate surface area is 145 Å². The molecular formula is C16H19ClN4O3. The minimum atomic E-state index is -0.429. The number of hydrogen-bond donors (Lipinski definition) is 2. The number of amides is 1. The molecule has 0 bridgehead atoms. The molecule has 2 fully saturated rings. The van der Waals surface area contributed by atoms with Gasteiger partial charge in [0.2, 0.25) is 0 Å². The third kappa shape index (κ3) is 2.74. The monoisotopic (exact) mass is 350 g/mol. The van der Waals surface area contributed by atoms with Crippen molar-refractivity contribution < 1.29 is 9.72 Å². The van der Waals surface area contributed by atoms with E-state index < -0.39 is 4.92 Å². The molecule has 2 aliphatic rings. The first kappa shape index (κ1) is 16.7. The van der Waals surface area contributed by atoms with Crippen molar-refractivity contribution in [2.24, 2.45) is 5.92 Å². The predicted molar refractivity (Wildman–Crippen MR) is 92.6 cm³/mol. The second kappa shape index (κ2) is 6.41. The standard InChI is InChI=1S/C16H18N4O3.ClH/c21-16(19-8-11-4-2-6-17-13(11)9-19)12-7-10-3-1-5-14(20(22)23)15(10)18-12;/h1,3,5,7,11,13,17-18H,2,4,6,8-9H2;1H/t11-,13+;/m0./s1. The zero-order chi connectivity index (χ0) is 16.0. The zero-order valence-electron chi connectivity index (χ0n) is 13.0. The highest BCUT2D eigenvalue weighted by Crippen LogP contribution is 2.29. The Morgan fingerprint density at radius 3 is 2.92 bits per heavy atom. The summed E-state index contributed by atoms with van der Waals surface area (Å²) in [5.74, 6) is 0.443. The Morgan fingerprint density at radius 2 is 2.17 bits per heavy atom. The lowest BCUT2D eigenvalue weighted by Gasteiger charge is -2.24. The number of likely N-dealkylation sites (tertiary alicyclic amines) is 1. The third-order valence-corrected chi connectivity index (χ3v) is 4.95. The number of para-hydroxylation sites is 1. The molecule has 8 heteroatoms. The first-order chi connectivity index (χ1) is 11.1. The van der Waals surface area contributed by atoms with Crippen LogP contribution in [0.4, 0.5) is 5.69 Å². The van der Waals surface area contributed by atoms with E-state index in [1.165, 1.54) is 6.07 Å². The van der Waals surface area contributed by atoms with Crippen molar-refractivity contribution in [2.45, 2.75) is 18.9 Å². The van der Waals surface area contributed by atoms with Crippen LogP contribution < -0.4 is 5.32 Å². The lowest BCUT2D eigenvalue weighted by Crippen LogP contribution is -2.41. The lowest BCUT2D eigenvalue weighted by atomic mass is 9.94. The normalized spacial score (nSPS) is 22.9. The van der Waals surface area contributed by atoms with Crippen LogP contribution in [0.15, 0.2) is 24.3 Å². The van der Waals surface area contributed by atoms with Crippen LogP contribution in [0.1, 0.15) is 23.3 Å². The minimum Gasteiger partial charge on any atom is -0.345 e. The summed E-state index contributed by atoms with van der Waals surface area (Å²) in [6.45, 7) is 2.48. The number of nitrogens with one attached hydrogen (secondary N) is 2. The Kier molecular flexibility index (Phi) is 4.47. The number of rotatable bonds is 2. The molecule has 3 heterocycles. The van der Waals surface area contributed by atoms with Crippen molar-refractivity contribution in [1.29, 1.82) is 0 Å². The number of H-pyrrole nitrogens is 1. The van der Waals surface area contributed by atoms with Gasteiger partial charge in [-0.3, -0.25) is 14.9 Å². The van der Waals surface area contributed by atoms with Crippen molar-refractivity contribution in [3.05, 3.63) is 40.1 Å². The molecule has 0 saturated carbocycles. The average molecular weight is 351 g/mol. The number of carbonyl (C=O) groups excluding carboxylic acids is 1. The summed E-state index contributed by atoms with van der Waals surface area (Å²) in [6.07, 6.45) is 2.31. The van der Waals surface area contributed by atoms with Crippen molar-refractivity contribution in [3.8, 4) is 0 Å². The molecule has 2 aromatic rings. The van der Waals surface area contributed by atoms with Crippen LogP contribution in [0.25, 0.3) is 10.9 Å². The fourth-order valence-electron chi connectivity index (χ4n) is 3.79. The summed E-state index contributed by atoms with van der Waals surface area (Å²) in [5, 5.41) is 15.3. The third-order valence-electron chi connectivity index (χ3n) is 4.95. The number of fused-ring (bicyclic) bond motifs is 2. The number of non-ortho nitro benzene ring substituents is 1. The van der Waals surface area contributed by atoms with Crippen molar-refractivity contribution in [2.75, 3.05) is 19.6 Å². The van der Waals surface area contributed by atoms with Gasteiger partial charge in [0, 0.05) is 30.6 Å².